The Morgan fingerprint density at radius 3 is 2.81 bits per heavy atom. The van der Waals surface area contributed by atoms with E-state index in [-0.39, 0.29) is 0 Å². The standard InChI is InChI=1S/C14H21NS/c1-4-6-15-13-5-7-16-14-9-11(3)10(2)8-12(13)14/h8-9,13,15H,4-7H2,1-3H3. The zero-order valence-corrected chi connectivity index (χ0v) is 11.3. The van der Waals surface area contributed by atoms with E-state index in [0.717, 1.165) is 6.54 Å². The molecule has 1 nitrogen and oxygen atoms in total. The van der Waals surface area contributed by atoms with Gasteiger partial charge in [-0.05, 0) is 61.7 Å². The van der Waals surface area contributed by atoms with Crippen molar-refractivity contribution in [3.8, 4) is 0 Å². The van der Waals surface area contributed by atoms with Gasteiger partial charge in [0.1, 0.15) is 0 Å². The molecule has 1 atom stereocenters. The van der Waals surface area contributed by atoms with Gasteiger partial charge in [-0.3, -0.25) is 0 Å². The molecule has 0 radical (unpaired) electrons. The van der Waals surface area contributed by atoms with E-state index in [1.807, 2.05) is 11.8 Å². The van der Waals surface area contributed by atoms with Crippen LogP contribution >= 0.6 is 11.8 Å². The second kappa shape index (κ2) is 5.24. The topological polar surface area (TPSA) is 12.0 Å². The minimum atomic E-state index is 0.579. The van der Waals surface area contributed by atoms with E-state index in [2.05, 4.69) is 38.2 Å². The number of fused-ring (bicyclic) bond motifs is 1. The van der Waals surface area contributed by atoms with Crippen LogP contribution in [0.2, 0.25) is 0 Å². The van der Waals surface area contributed by atoms with Crippen LogP contribution in [0.25, 0.3) is 0 Å². The summed E-state index contributed by atoms with van der Waals surface area (Å²) >= 11 is 2.01. The molecule has 1 aromatic rings. The second-order valence-electron chi connectivity index (χ2n) is 4.62. The lowest BCUT2D eigenvalue weighted by molar-refractivity contribution is 0.509. The van der Waals surface area contributed by atoms with Crippen LogP contribution in [-0.4, -0.2) is 12.3 Å². The third kappa shape index (κ3) is 2.44. The highest BCUT2D eigenvalue weighted by molar-refractivity contribution is 7.99. The average Bonchev–Trinajstić information content (AvgIpc) is 2.28. The van der Waals surface area contributed by atoms with Crippen LogP contribution in [0, 0.1) is 13.8 Å². The molecule has 0 saturated carbocycles. The smallest absolute Gasteiger partial charge is 0.0339 e. The maximum atomic E-state index is 3.66. The molecule has 0 bridgehead atoms. The second-order valence-corrected chi connectivity index (χ2v) is 5.75. The number of benzene rings is 1. The van der Waals surface area contributed by atoms with Crippen molar-refractivity contribution in [2.24, 2.45) is 0 Å². The Morgan fingerprint density at radius 1 is 1.31 bits per heavy atom. The Balaban J connectivity index is 2.27. The van der Waals surface area contributed by atoms with Gasteiger partial charge < -0.3 is 5.32 Å². The van der Waals surface area contributed by atoms with Gasteiger partial charge in [-0.2, -0.15) is 0 Å². The fourth-order valence-electron chi connectivity index (χ4n) is 2.18. The first kappa shape index (κ1) is 12.0. The summed E-state index contributed by atoms with van der Waals surface area (Å²) in [7, 11) is 0. The third-order valence-electron chi connectivity index (χ3n) is 3.31. The summed E-state index contributed by atoms with van der Waals surface area (Å²) in [6, 6.07) is 5.31. The Kier molecular flexibility index (Phi) is 3.93. The van der Waals surface area contributed by atoms with Crippen LogP contribution in [0.15, 0.2) is 17.0 Å². The van der Waals surface area contributed by atoms with Gasteiger partial charge in [-0.25, -0.2) is 0 Å². The first-order valence-electron chi connectivity index (χ1n) is 6.19. The Bertz CT molecular complexity index is 373. The van der Waals surface area contributed by atoms with Gasteiger partial charge in [0.15, 0.2) is 0 Å². The summed E-state index contributed by atoms with van der Waals surface area (Å²) < 4.78 is 0. The number of hydrogen-bond acceptors (Lipinski definition) is 2. The largest absolute Gasteiger partial charge is 0.310 e. The van der Waals surface area contributed by atoms with Crippen LogP contribution in [0.3, 0.4) is 0 Å². The summed E-state index contributed by atoms with van der Waals surface area (Å²) in [5.41, 5.74) is 4.36. The average molecular weight is 235 g/mol. The van der Waals surface area contributed by atoms with Crippen molar-refractivity contribution >= 4 is 11.8 Å². The normalized spacial score (nSPS) is 19.6. The summed E-state index contributed by atoms with van der Waals surface area (Å²) in [5.74, 6) is 1.25. The molecule has 88 valence electrons. The van der Waals surface area contributed by atoms with E-state index in [4.69, 9.17) is 0 Å². The van der Waals surface area contributed by atoms with Crippen molar-refractivity contribution in [1.29, 1.82) is 0 Å². The summed E-state index contributed by atoms with van der Waals surface area (Å²) in [6.07, 6.45) is 2.48. The molecule has 2 heteroatoms. The van der Waals surface area contributed by atoms with Gasteiger partial charge >= 0.3 is 0 Å². The Labute approximate surface area is 103 Å². The van der Waals surface area contributed by atoms with E-state index in [1.165, 1.54) is 40.2 Å². The van der Waals surface area contributed by atoms with Crippen molar-refractivity contribution in [3.63, 3.8) is 0 Å². The SMILES string of the molecule is CCCNC1CCSc2cc(C)c(C)cc21. The van der Waals surface area contributed by atoms with E-state index in [0.29, 0.717) is 6.04 Å². The van der Waals surface area contributed by atoms with Crippen molar-refractivity contribution in [3.05, 3.63) is 28.8 Å². The molecule has 0 spiro atoms. The van der Waals surface area contributed by atoms with Gasteiger partial charge in [0, 0.05) is 10.9 Å². The molecule has 1 N–H and O–H groups in total. The molecule has 1 aliphatic heterocycles. The number of aryl methyl sites for hydroxylation is 2. The zero-order chi connectivity index (χ0) is 11.5. The monoisotopic (exact) mass is 235 g/mol. The molecule has 0 aromatic heterocycles. The summed E-state index contributed by atoms with van der Waals surface area (Å²) in [6.45, 7) is 7.78. The first-order valence-corrected chi connectivity index (χ1v) is 7.18. The molecular formula is C14H21NS. The number of hydrogen-bond donors (Lipinski definition) is 1. The maximum absolute atomic E-state index is 3.66. The molecular weight excluding hydrogens is 214 g/mol. The van der Waals surface area contributed by atoms with Crippen LogP contribution < -0.4 is 5.32 Å². The minimum Gasteiger partial charge on any atom is -0.310 e. The predicted molar refractivity (Wildman–Crippen MR) is 72.3 cm³/mol. The molecule has 0 fully saturated rings. The molecule has 0 amide bonds. The van der Waals surface area contributed by atoms with Crippen molar-refractivity contribution in [2.45, 2.75) is 44.6 Å². The molecule has 2 rings (SSSR count). The van der Waals surface area contributed by atoms with Crippen molar-refractivity contribution < 1.29 is 0 Å². The quantitative estimate of drug-likeness (QED) is 0.854. The third-order valence-corrected chi connectivity index (χ3v) is 4.41. The lowest BCUT2D eigenvalue weighted by Gasteiger charge is -2.27. The van der Waals surface area contributed by atoms with Crippen LogP contribution in [0.1, 0.15) is 42.5 Å². The molecule has 16 heavy (non-hydrogen) atoms. The van der Waals surface area contributed by atoms with E-state index in [9.17, 15) is 0 Å². The summed E-state index contributed by atoms with van der Waals surface area (Å²) in [4.78, 5) is 1.49. The highest BCUT2D eigenvalue weighted by atomic mass is 32.2. The minimum absolute atomic E-state index is 0.579. The Morgan fingerprint density at radius 2 is 2.06 bits per heavy atom. The number of rotatable bonds is 3. The fraction of sp³-hybridized carbons (Fsp3) is 0.571. The molecule has 0 aliphatic carbocycles. The predicted octanol–water partition coefficient (Wildman–Crippen LogP) is 3.84. The van der Waals surface area contributed by atoms with E-state index in [1.54, 1.807) is 0 Å². The first-order chi connectivity index (χ1) is 7.72. The molecule has 1 aliphatic rings. The van der Waals surface area contributed by atoms with Gasteiger partial charge in [0.05, 0.1) is 0 Å². The highest BCUT2D eigenvalue weighted by Gasteiger charge is 2.20. The van der Waals surface area contributed by atoms with Crippen molar-refractivity contribution in [2.75, 3.05) is 12.3 Å². The van der Waals surface area contributed by atoms with Gasteiger partial charge in [0.25, 0.3) is 0 Å². The Hall–Kier alpha value is -0.470. The van der Waals surface area contributed by atoms with Gasteiger partial charge in [-0.1, -0.05) is 13.0 Å². The number of thioether (sulfide) groups is 1. The zero-order valence-electron chi connectivity index (χ0n) is 10.5. The van der Waals surface area contributed by atoms with E-state index < -0.39 is 0 Å². The summed E-state index contributed by atoms with van der Waals surface area (Å²) in [5, 5.41) is 3.66. The molecule has 0 saturated heterocycles. The van der Waals surface area contributed by atoms with Crippen LogP contribution in [0.4, 0.5) is 0 Å². The molecule has 1 aromatic carbocycles. The lowest BCUT2D eigenvalue weighted by Crippen LogP contribution is -2.25. The lowest BCUT2D eigenvalue weighted by atomic mass is 9.98. The maximum Gasteiger partial charge on any atom is 0.0339 e. The van der Waals surface area contributed by atoms with E-state index >= 15 is 0 Å². The van der Waals surface area contributed by atoms with Crippen LogP contribution in [-0.2, 0) is 0 Å². The highest BCUT2D eigenvalue weighted by Crippen LogP contribution is 2.37. The molecule has 1 unspecified atom stereocenters. The van der Waals surface area contributed by atoms with Crippen LogP contribution in [0.5, 0.6) is 0 Å². The number of nitrogens with one attached hydrogen (secondary N) is 1. The van der Waals surface area contributed by atoms with Gasteiger partial charge in [0.2, 0.25) is 0 Å². The van der Waals surface area contributed by atoms with Gasteiger partial charge in [-0.15, -0.1) is 11.8 Å². The fourth-order valence-corrected chi connectivity index (χ4v) is 3.38. The molecule has 1 heterocycles. The van der Waals surface area contributed by atoms with Crippen molar-refractivity contribution in [1.82, 2.24) is 5.32 Å².